The van der Waals surface area contributed by atoms with Gasteiger partial charge in [-0.05, 0) is 111 Å². The van der Waals surface area contributed by atoms with Gasteiger partial charge in [-0.1, -0.05) is 48.5 Å². The van der Waals surface area contributed by atoms with Crippen LogP contribution in [0.25, 0.3) is 0 Å². The minimum atomic E-state index is -3.80. The first-order chi connectivity index (χ1) is 29.1. The summed E-state index contributed by atoms with van der Waals surface area (Å²) >= 11 is 0. The summed E-state index contributed by atoms with van der Waals surface area (Å²) in [5.74, 6) is 3.22. The maximum atomic E-state index is 13.4. The SMILES string of the molecule is CC(C)n1ccc(S(=O)(=O)Cl)n1.COc1ccc(CN(Cc2ccc(OC)cc2)S(=O)(=O)c2ccn(C(C)C)n2)cc1.COc1ccc(CNCc2ccc(OC)cc2)cc1. The van der Waals surface area contributed by atoms with E-state index in [1.807, 2.05) is 100 Å². The lowest BCUT2D eigenvalue weighted by atomic mass is 10.2. The van der Waals surface area contributed by atoms with Crippen LogP contribution in [0.5, 0.6) is 23.0 Å². The molecule has 0 amide bonds. The molecule has 61 heavy (non-hydrogen) atoms. The summed E-state index contributed by atoms with van der Waals surface area (Å²) in [4.78, 5) is 0. The van der Waals surface area contributed by atoms with Crippen molar-refractivity contribution in [1.82, 2.24) is 29.2 Å². The summed E-state index contributed by atoms with van der Waals surface area (Å²) in [7, 11) is 4.15. The molecule has 14 nitrogen and oxygen atoms in total. The molecule has 0 saturated heterocycles. The second kappa shape index (κ2) is 23.0. The predicted octanol–water partition coefficient (Wildman–Crippen LogP) is 8.26. The zero-order valence-corrected chi connectivity index (χ0v) is 38.1. The molecule has 17 heteroatoms. The van der Waals surface area contributed by atoms with E-state index in [1.165, 1.54) is 26.2 Å². The summed E-state index contributed by atoms with van der Waals surface area (Å²) in [5, 5.41) is 11.4. The lowest BCUT2D eigenvalue weighted by Gasteiger charge is -2.22. The van der Waals surface area contributed by atoms with Crippen molar-refractivity contribution >= 4 is 29.8 Å². The van der Waals surface area contributed by atoms with Crippen LogP contribution in [-0.2, 0) is 45.3 Å². The number of nitrogens with zero attached hydrogens (tertiary/aromatic N) is 5. The number of nitrogens with one attached hydrogen (secondary N) is 1. The third kappa shape index (κ3) is 14.9. The van der Waals surface area contributed by atoms with Crippen molar-refractivity contribution in [3.63, 3.8) is 0 Å². The highest BCUT2D eigenvalue weighted by atomic mass is 35.7. The van der Waals surface area contributed by atoms with Gasteiger partial charge in [-0.3, -0.25) is 9.36 Å². The van der Waals surface area contributed by atoms with Gasteiger partial charge in [0.25, 0.3) is 19.1 Å². The summed E-state index contributed by atoms with van der Waals surface area (Å²) in [6, 6.07) is 34.1. The monoisotopic (exact) mass is 894 g/mol. The van der Waals surface area contributed by atoms with Crippen LogP contribution in [0.3, 0.4) is 0 Å². The van der Waals surface area contributed by atoms with Crippen LogP contribution >= 0.6 is 10.7 Å². The van der Waals surface area contributed by atoms with Gasteiger partial charge in [-0.25, -0.2) is 16.8 Å². The molecule has 0 aliphatic carbocycles. The highest BCUT2D eigenvalue weighted by Crippen LogP contribution is 2.23. The third-order valence-electron chi connectivity index (χ3n) is 9.09. The Morgan fingerprint density at radius 2 is 0.836 bits per heavy atom. The molecule has 4 aromatic carbocycles. The van der Waals surface area contributed by atoms with Crippen LogP contribution in [-0.4, -0.2) is 69.1 Å². The molecule has 0 atom stereocenters. The first-order valence-electron chi connectivity index (χ1n) is 19.3. The van der Waals surface area contributed by atoms with Crippen LogP contribution in [0.2, 0.25) is 0 Å². The number of hydrogen-bond donors (Lipinski definition) is 1. The molecule has 0 bridgehead atoms. The molecule has 0 aliphatic rings. The number of ether oxygens (including phenoxy) is 4. The molecule has 0 saturated carbocycles. The summed E-state index contributed by atoms with van der Waals surface area (Å²) in [5.41, 5.74) is 4.20. The number of aromatic nitrogens is 4. The van der Waals surface area contributed by atoms with E-state index >= 15 is 0 Å². The normalized spacial score (nSPS) is 11.4. The van der Waals surface area contributed by atoms with Crippen LogP contribution in [0, 0.1) is 0 Å². The number of sulfonamides is 1. The molecule has 2 aromatic heterocycles. The molecule has 6 aromatic rings. The molecule has 328 valence electrons. The van der Waals surface area contributed by atoms with E-state index in [9.17, 15) is 16.8 Å². The Balaban J connectivity index is 0.000000224. The Morgan fingerprint density at radius 1 is 0.525 bits per heavy atom. The molecule has 6 rings (SSSR count). The van der Waals surface area contributed by atoms with Crippen LogP contribution in [0.1, 0.15) is 62.0 Å². The average Bonchev–Trinajstić information content (AvgIpc) is 3.98. The summed E-state index contributed by atoms with van der Waals surface area (Å²) < 4.78 is 73.6. The fourth-order valence-corrected chi connectivity index (χ4v) is 7.54. The molecule has 0 fully saturated rings. The van der Waals surface area contributed by atoms with Gasteiger partial charge >= 0.3 is 0 Å². The van der Waals surface area contributed by atoms with E-state index in [1.54, 1.807) is 51.6 Å². The van der Waals surface area contributed by atoms with E-state index in [0.717, 1.165) is 47.2 Å². The number of methoxy groups -OCH3 is 4. The van der Waals surface area contributed by atoms with Gasteiger partial charge in [0.2, 0.25) is 0 Å². The van der Waals surface area contributed by atoms with Gasteiger partial charge in [0.1, 0.15) is 23.0 Å². The van der Waals surface area contributed by atoms with E-state index < -0.39 is 19.1 Å². The molecule has 0 spiro atoms. The Kier molecular flexibility index (Phi) is 18.2. The lowest BCUT2D eigenvalue weighted by molar-refractivity contribution is 0.394. The average molecular weight is 896 g/mol. The van der Waals surface area contributed by atoms with Gasteiger partial charge in [0, 0.05) is 61.3 Å². The summed E-state index contributed by atoms with van der Waals surface area (Å²) in [6.07, 6.45) is 3.27. The molecular weight excluding hydrogens is 840 g/mol. The first kappa shape index (κ1) is 48.3. The van der Waals surface area contributed by atoms with Crippen molar-refractivity contribution in [3.05, 3.63) is 144 Å². The molecule has 0 radical (unpaired) electrons. The van der Waals surface area contributed by atoms with E-state index in [-0.39, 0.29) is 35.2 Å². The minimum absolute atomic E-state index is 0.0400. The molecule has 0 aliphatic heterocycles. The van der Waals surface area contributed by atoms with Crippen LogP contribution in [0.15, 0.2) is 132 Å². The van der Waals surface area contributed by atoms with Crippen molar-refractivity contribution in [3.8, 4) is 23.0 Å². The van der Waals surface area contributed by atoms with E-state index in [0.29, 0.717) is 0 Å². The largest absolute Gasteiger partial charge is 0.497 e. The van der Waals surface area contributed by atoms with Gasteiger partial charge in [-0.2, -0.15) is 14.5 Å². The highest BCUT2D eigenvalue weighted by Gasteiger charge is 2.28. The van der Waals surface area contributed by atoms with Crippen molar-refractivity contribution in [2.24, 2.45) is 0 Å². The van der Waals surface area contributed by atoms with Crippen LogP contribution in [0.4, 0.5) is 0 Å². The van der Waals surface area contributed by atoms with E-state index in [4.69, 9.17) is 29.6 Å². The summed E-state index contributed by atoms with van der Waals surface area (Å²) in [6.45, 7) is 9.83. The fourth-order valence-electron chi connectivity index (χ4n) is 5.55. The van der Waals surface area contributed by atoms with Gasteiger partial charge in [0.05, 0.1) is 28.4 Å². The zero-order valence-electron chi connectivity index (χ0n) is 35.7. The maximum absolute atomic E-state index is 13.4. The quantitative estimate of drug-likeness (QED) is 0.0880. The van der Waals surface area contributed by atoms with Gasteiger partial charge in [-0.15, -0.1) is 0 Å². The van der Waals surface area contributed by atoms with Crippen LogP contribution < -0.4 is 24.3 Å². The number of halogens is 1. The highest BCUT2D eigenvalue weighted by molar-refractivity contribution is 8.13. The third-order valence-corrected chi connectivity index (χ3v) is 12.0. The topological polar surface area (TPSA) is 156 Å². The Bertz CT molecular complexity index is 2340. The van der Waals surface area contributed by atoms with Crippen molar-refractivity contribution in [2.75, 3.05) is 28.4 Å². The molecule has 0 unspecified atom stereocenters. The second-order valence-corrected chi connectivity index (χ2v) is 18.6. The number of hydrogen-bond acceptors (Lipinski definition) is 11. The first-order valence-corrected chi connectivity index (χ1v) is 23.1. The number of benzene rings is 4. The number of rotatable bonds is 17. The smallest absolute Gasteiger partial charge is 0.280 e. The zero-order chi connectivity index (χ0) is 44.6. The van der Waals surface area contributed by atoms with Gasteiger partial charge in [0.15, 0.2) is 10.1 Å². The van der Waals surface area contributed by atoms with Gasteiger partial charge < -0.3 is 24.3 Å². The lowest BCUT2D eigenvalue weighted by Crippen LogP contribution is -2.30. The molecule has 2 heterocycles. The Hall–Kier alpha value is -5.39. The predicted molar refractivity (Wildman–Crippen MR) is 237 cm³/mol. The second-order valence-electron chi connectivity index (χ2n) is 14.2. The van der Waals surface area contributed by atoms with Crippen molar-refractivity contribution in [1.29, 1.82) is 0 Å². The Labute approximate surface area is 364 Å². The minimum Gasteiger partial charge on any atom is -0.497 e. The van der Waals surface area contributed by atoms with Crippen molar-refractivity contribution < 1.29 is 35.8 Å². The maximum Gasteiger partial charge on any atom is 0.280 e. The Morgan fingerprint density at radius 3 is 1.11 bits per heavy atom. The molecule has 1 N–H and O–H groups in total. The standard InChI is InChI=1S/C22H27N3O4S.C16H19NO2.C6H9ClN2O2S/c1-17(2)25-14-13-22(23-25)30(26,27)24(15-18-5-9-20(28-3)10-6-18)16-19-7-11-21(29-4)12-8-19;1-18-15-7-3-13(4-8-15)11-17-12-14-5-9-16(19-2)10-6-14;1-5(2)9-4-3-6(8-9)12(7,10)11/h5-14,17H,15-16H2,1-4H3;3-10,17H,11-12H2,1-2H3;3-5H,1-2H3. The molecular formula is C44H55ClN6O8S2. The van der Waals surface area contributed by atoms with E-state index in [2.05, 4.69) is 39.8 Å². The fraction of sp³-hybridized carbons (Fsp3) is 0.318. The van der Waals surface area contributed by atoms with Crippen molar-refractivity contribution in [2.45, 2.75) is 76.0 Å².